The van der Waals surface area contributed by atoms with Crippen LogP contribution in [0.25, 0.3) is 22.6 Å². The zero-order valence-corrected chi connectivity index (χ0v) is 16.6. The quantitative estimate of drug-likeness (QED) is 0.629. The molecule has 1 aromatic heterocycles. The maximum atomic E-state index is 14.7. The third-order valence-electron chi connectivity index (χ3n) is 5.65. The lowest BCUT2D eigenvalue weighted by molar-refractivity contribution is 0.0332. The lowest BCUT2D eigenvalue weighted by Gasteiger charge is -2.28. The number of halogens is 3. The summed E-state index contributed by atoms with van der Waals surface area (Å²) in [6.45, 7) is 4.39. The fraction of sp³-hybridized carbons (Fsp3) is 0.318. The van der Waals surface area contributed by atoms with Crippen molar-refractivity contribution in [3.63, 3.8) is 0 Å². The van der Waals surface area contributed by atoms with Crippen LogP contribution in [0.15, 0.2) is 36.4 Å². The highest BCUT2D eigenvalue weighted by atomic mass is 35.5. The Bertz CT molecular complexity index is 1080. The molecule has 0 amide bonds. The summed E-state index contributed by atoms with van der Waals surface area (Å²) >= 11 is 6.24. The van der Waals surface area contributed by atoms with E-state index < -0.39 is 11.6 Å². The molecular formula is C22H20ClF2N3O. The first kappa shape index (κ1) is 18.7. The van der Waals surface area contributed by atoms with E-state index in [9.17, 15) is 8.78 Å². The third kappa shape index (κ3) is 3.45. The number of morpholine rings is 1. The van der Waals surface area contributed by atoms with Gasteiger partial charge in [-0.15, -0.1) is 0 Å². The van der Waals surface area contributed by atoms with E-state index in [-0.39, 0.29) is 0 Å². The molecule has 150 valence electrons. The number of hydrogen-bond donors (Lipinski definition) is 0. The molecule has 0 radical (unpaired) electrons. The standard InChI is InChI=1S/C22H20ClF2N3O/c23-15-2-1-14-5-6-28-20(13-27-7-9-29-10-8-27)21(26-22(28)18(14)11-15)17-4-3-16(24)12-19(17)25/h1-4,11-12H,5-10,13H2. The van der Waals surface area contributed by atoms with Gasteiger partial charge in [-0.05, 0) is 36.2 Å². The second-order valence-electron chi connectivity index (χ2n) is 7.45. The van der Waals surface area contributed by atoms with Crippen molar-refractivity contribution in [3.8, 4) is 22.6 Å². The van der Waals surface area contributed by atoms with Gasteiger partial charge in [-0.2, -0.15) is 0 Å². The molecule has 2 aromatic carbocycles. The Kier molecular flexibility index (Phi) is 4.86. The molecule has 2 aliphatic rings. The van der Waals surface area contributed by atoms with E-state index in [0.29, 0.717) is 36.0 Å². The molecule has 0 N–H and O–H groups in total. The Labute approximate surface area is 172 Å². The molecule has 7 heteroatoms. The van der Waals surface area contributed by atoms with Gasteiger partial charge in [-0.1, -0.05) is 17.7 Å². The van der Waals surface area contributed by atoms with Crippen LogP contribution in [0.5, 0.6) is 0 Å². The fourth-order valence-corrected chi connectivity index (χ4v) is 4.34. The largest absolute Gasteiger partial charge is 0.379 e. The number of aryl methyl sites for hydroxylation is 1. The van der Waals surface area contributed by atoms with Gasteiger partial charge in [0.05, 0.1) is 24.6 Å². The predicted octanol–water partition coefficient (Wildman–Crippen LogP) is 4.54. The van der Waals surface area contributed by atoms with Crippen molar-refractivity contribution in [1.82, 2.24) is 14.5 Å². The summed E-state index contributed by atoms with van der Waals surface area (Å²) < 4.78 is 35.8. The number of imidazole rings is 1. The molecule has 29 heavy (non-hydrogen) atoms. The average Bonchev–Trinajstić information content (AvgIpc) is 3.07. The number of nitrogens with zero attached hydrogens (tertiary/aromatic N) is 3. The Balaban J connectivity index is 1.67. The van der Waals surface area contributed by atoms with Gasteiger partial charge in [0, 0.05) is 48.4 Å². The molecule has 4 nitrogen and oxygen atoms in total. The molecule has 0 bridgehead atoms. The first-order chi connectivity index (χ1) is 14.1. The highest BCUT2D eigenvalue weighted by Crippen LogP contribution is 2.37. The molecule has 0 saturated carbocycles. The van der Waals surface area contributed by atoms with Gasteiger partial charge in [0.15, 0.2) is 0 Å². The van der Waals surface area contributed by atoms with Crippen LogP contribution in [0.4, 0.5) is 8.78 Å². The van der Waals surface area contributed by atoms with Crippen LogP contribution in [0.3, 0.4) is 0 Å². The van der Waals surface area contributed by atoms with Crippen molar-refractivity contribution in [1.29, 1.82) is 0 Å². The number of aromatic nitrogens is 2. The van der Waals surface area contributed by atoms with Crippen LogP contribution in [0.1, 0.15) is 11.3 Å². The van der Waals surface area contributed by atoms with Crippen molar-refractivity contribution in [3.05, 3.63) is 64.3 Å². The van der Waals surface area contributed by atoms with Gasteiger partial charge in [0.1, 0.15) is 17.5 Å². The minimum atomic E-state index is -0.602. The lowest BCUT2D eigenvalue weighted by Crippen LogP contribution is -2.36. The van der Waals surface area contributed by atoms with Gasteiger partial charge in [0.2, 0.25) is 0 Å². The Hall–Kier alpha value is -2.28. The molecule has 3 aromatic rings. The van der Waals surface area contributed by atoms with Gasteiger partial charge < -0.3 is 9.30 Å². The molecule has 0 atom stereocenters. The van der Waals surface area contributed by atoms with E-state index in [0.717, 1.165) is 49.2 Å². The SMILES string of the molecule is Fc1ccc(-c2nc3n(c2CN2CCOCC2)CCc2ccc(Cl)cc2-3)c(F)c1. The molecule has 3 heterocycles. The summed E-state index contributed by atoms with van der Waals surface area (Å²) in [6.07, 6.45) is 0.858. The van der Waals surface area contributed by atoms with Crippen molar-refractivity contribution in [2.24, 2.45) is 0 Å². The first-order valence-corrected chi connectivity index (χ1v) is 10.1. The van der Waals surface area contributed by atoms with E-state index >= 15 is 0 Å². The maximum Gasteiger partial charge on any atom is 0.141 e. The predicted molar refractivity (Wildman–Crippen MR) is 108 cm³/mol. The van der Waals surface area contributed by atoms with E-state index in [1.165, 1.54) is 17.7 Å². The molecule has 5 rings (SSSR count). The molecule has 1 saturated heterocycles. The molecular weight excluding hydrogens is 396 g/mol. The fourth-order valence-electron chi connectivity index (χ4n) is 4.17. The van der Waals surface area contributed by atoms with Crippen molar-refractivity contribution in [2.75, 3.05) is 26.3 Å². The summed E-state index contributed by atoms with van der Waals surface area (Å²) in [5.41, 5.74) is 3.98. The van der Waals surface area contributed by atoms with E-state index in [4.69, 9.17) is 21.3 Å². The number of benzene rings is 2. The molecule has 0 spiro atoms. The van der Waals surface area contributed by atoms with E-state index in [2.05, 4.69) is 9.47 Å². The second kappa shape index (κ2) is 7.52. The number of hydrogen-bond acceptors (Lipinski definition) is 3. The summed E-state index contributed by atoms with van der Waals surface area (Å²) in [4.78, 5) is 7.13. The van der Waals surface area contributed by atoms with Crippen molar-refractivity contribution >= 4 is 11.6 Å². The maximum absolute atomic E-state index is 14.7. The third-order valence-corrected chi connectivity index (χ3v) is 5.89. The van der Waals surface area contributed by atoms with Gasteiger partial charge in [-0.25, -0.2) is 13.8 Å². The minimum absolute atomic E-state index is 0.320. The summed E-state index contributed by atoms with van der Waals surface area (Å²) in [5.74, 6) is -0.409. The van der Waals surface area contributed by atoms with E-state index in [1.54, 1.807) is 0 Å². The topological polar surface area (TPSA) is 30.3 Å². The van der Waals surface area contributed by atoms with Gasteiger partial charge >= 0.3 is 0 Å². The Morgan fingerprint density at radius 3 is 2.62 bits per heavy atom. The number of ether oxygens (including phenoxy) is 1. The minimum Gasteiger partial charge on any atom is -0.379 e. The van der Waals surface area contributed by atoms with Crippen LogP contribution < -0.4 is 0 Å². The smallest absolute Gasteiger partial charge is 0.141 e. The lowest BCUT2D eigenvalue weighted by atomic mass is 10.0. The van der Waals surface area contributed by atoms with Crippen LogP contribution in [-0.2, 0) is 24.2 Å². The van der Waals surface area contributed by atoms with Crippen LogP contribution in [0, 0.1) is 11.6 Å². The van der Waals surface area contributed by atoms with Crippen LogP contribution in [-0.4, -0.2) is 40.8 Å². The molecule has 1 fully saturated rings. The Morgan fingerprint density at radius 1 is 1.00 bits per heavy atom. The number of fused-ring (bicyclic) bond motifs is 3. The van der Waals surface area contributed by atoms with Gasteiger partial charge in [-0.3, -0.25) is 4.90 Å². The highest BCUT2D eigenvalue weighted by molar-refractivity contribution is 6.30. The van der Waals surface area contributed by atoms with E-state index in [1.807, 2.05) is 18.2 Å². The molecule has 2 aliphatic heterocycles. The molecule has 0 aliphatic carbocycles. The van der Waals surface area contributed by atoms with Crippen molar-refractivity contribution < 1.29 is 13.5 Å². The monoisotopic (exact) mass is 415 g/mol. The summed E-state index contributed by atoms with van der Waals surface area (Å²) in [7, 11) is 0. The van der Waals surface area contributed by atoms with Crippen LogP contribution in [0.2, 0.25) is 5.02 Å². The zero-order valence-electron chi connectivity index (χ0n) is 15.8. The zero-order chi connectivity index (χ0) is 20.0. The Morgan fingerprint density at radius 2 is 1.83 bits per heavy atom. The average molecular weight is 416 g/mol. The first-order valence-electron chi connectivity index (χ1n) is 9.74. The summed E-state index contributed by atoms with van der Waals surface area (Å²) in [6, 6.07) is 9.49. The summed E-state index contributed by atoms with van der Waals surface area (Å²) in [5, 5.41) is 0.643. The molecule has 0 unspecified atom stereocenters. The number of rotatable bonds is 3. The normalized spacial score (nSPS) is 16.5. The van der Waals surface area contributed by atoms with Gasteiger partial charge in [0.25, 0.3) is 0 Å². The van der Waals surface area contributed by atoms with Crippen molar-refractivity contribution in [2.45, 2.75) is 19.5 Å². The highest BCUT2D eigenvalue weighted by Gasteiger charge is 2.27. The van der Waals surface area contributed by atoms with Crippen LogP contribution >= 0.6 is 11.6 Å². The second-order valence-corrected chi connectivity index (χ2v) is 7.88.